The quantitative estimate of drug-likeness (QED) is 0.126. The van der Waals surface area contributed by atoms with Crippen molar-refractivity contribution in [1.82, 2.24) is 24.8 Å². The second-order valence-corrected chi connectivity index (χ2v) is 17.1. The highest BCUT2D eigenvalue weighted by Gasteiger charge is 2.16. The van der Waals surface area contributed by atoms with Gasteiger partial charge in [0, 0.05) is 79.4 Å². The van der Waals surface area contributed by atoms with E-state index in [1.54, 1.807) is 24.2 Å². The van der Waals surface area contributed by atoms with Crippen LogP contribution >= 0.6 is 28.3 Å². The number of para-hydroxylation sites is 1. The third-order valence-electron chi connectivity index (χ3n) is 11.4. The van der Waals surface area contributed by atoms with Crippen molar-refractivity contribution < 1.29 is 14.0 Å². The molecule has 0 aliphatic carbocycles. The van der Waals surface area contributed by atoms with Crippen LogP contribution < -0.4 is 21.3 Å². The lowest BCUT2D eigenvalue weighted by Gasteiger charge is -2.14. The fraction of sp³-hybridized carbons (Fsp3) is 0.360. The van der Waals surface area contributed by atoms with Crippen LogP contribution in [0.2, 0.25) is 0 Å². The van der Waals surface area contributed by atoms with Crippen molar-refractivity contribution in [3.8, 4) is 0 Å². The molecule has 4 aliphatic rings. The SMILES string of the molecule is Brc1cnc2c(c1)CCCCN2.Cc1c(CN(C)C(=O)/C=C/c2cnc3c(c2)CCCCN3)oc2ccccc12.Cl.O=C1CCCc2cccnc2N1.c1cnc2c(c1)CCCCN2. The Balaban J connectivity index is 0.000000156. The molecule has 12 nitrogen and oxygen atoms in total. The van der Waals surface area contributed by atoms with Gasteiger partial charge < -0.3 is 30.6 Å². The molecule has 0 fully saturated rings. The van der Waals surface area contributed by atoms with Crippen LogP contribution in [0, 0.1) is 6.92 Å². The van der Waals surface area contributed by atoms with E-state index in [1.807, 2.05) is 74.1 Å². The molecule has 0 spiro atoms. The van der Waals surface area contributed by atoms with E-state index >= 15 is 0 Å². The van der Waals surface area contributed by atoms with Crippen molar-refractivity contribution in [2.75, 3.05) is 47.9 Å². The normalized spacial score (nSPS) is 15.0. The summed E-state index contributed by atoms with van der Waals surface area (Å²) in [7, 11) is 1.79. The van der Waals surface area contributed by atoms with E-state index < -0.39 is 0 Å². The van der Waals surface area contributed by atoms with Crippen LogP contribution in [0.25, 0.3) is 17.0 Å². The standard InChI is InChI=1S/C23H25N3O2.C9H11BrN2.C9H10N2O.C9H12N2.ClH/c1-16-19-8-3-4-9-20(19)28-21(16)15-26(2)22(27)11-10-17-13-18-7-5-6-12-24-23(18)25-14-17;10-8-5-7-3-1-2-4-11-9(7)12-6-8;12-8-5-1-3-7-4-2-6-10-9(7)11-8;1-2-6-10-9-8(4-1)5-3-7-11-9;/h3-4,8-11,13-14H,5-7,12,15H2,1-2H3,(H,24,25);5-6H,1-4H2,(H,11,12);2,4,6H,1,3,5H2,(H,10,11,12);3,5,7H,1-2,4,6H2,(H,10,11);1H/b11-10+;;;;. The van der Waals surface area contributed by atoms with E-state index in [1.165, 1.54) is 48.8 Å². The Kier molecular flexibility index (Phi) is 18.1. The lowest BCUT2D eigenvalue weighted by Crippen LogP contribution is -2.24. The number of likely N-dealkylation sites (N-methyl/N-ethyl adjacent to an activating group) is 1. The molecule has 0 atom stereocenters. The first-order valence-electron chi connectivity index (χ1n) is 22.2. The molecule has 64 heavy (non-hydrogen) atoms. The van der Waals surface area contributed by atoms with Gasteiger partial charge in [-0.25, -0.2) is 19.9 Å². The number of rotatable bonds is 4. The van der Waals surface area contributed by atoms with Crippen molar-refractivity contribution in [2.45, 2.75) is 90.5 Å². The zero-order valence-corrected chi connectivity index (χ0v) is 39.2. The minimum absolute atomic E-state index is 0. The summed E-state index contributed by atoms with van der Waals surface area (Å²) in [6.45, 7) is 5.58. The third kappa shape index (κ3) is 13.6. The van der Waals surface area contributed by atoms with Crippen molar-refractivity contribution >= 4 is 80.5 Å². The topological polar surface area (TPSA) is 150 Å². The lowest BCUT2D eigenvalue weighted by atomic mass is 10.1. The number of carbonyl (C=O) groups is 2. The molecular weight excluding hydrogens is 890 g/mol. The summed E-state index contributed by atoms with van der Waals surface area (Å²) in [4.78, 5) is 42.5. The van der Waals surface area contributed by atoms with Crippen LogP contribution in [-0.2, 0) is 41.8 Å². The first kappa shape index (κ1) is 47.7. The maximum atomic E-state index is 12.6. The number of hydrogen-bond donors (Lipinski definition) is 4. The van der Waals surface area contributed by atoms with Gasteiger partial charge in [0.25, 0.3) is 0 Å². The minimum Gasteiger partial charge on any atom is -0.459 e. The van der Waals surface area contributed by atoms with E-state index in [4.69, 9.17) is 4.42 Å². The summed E-state index contributed by atoms with van der Waals surface area (Å²) in [5, 5.41) is 13.9. The molecule has 0 bridgehead atoms. The predicted octanol–water partition coefficient (Wildman–Crippen LogP) is 10.8. The third-order valence-corrected chi connectivity index (χ3v) is 11.9. The summed E-state index contributed by atoms with van der Waals surface area (Å²) in [6.07, 6.45) is 23.8. The molecule has 0 saturated carbocycles. The first-order valence-corrected chi connectivity index (χ1v) is 23.0. The maximum Gasteiger partial charge on any atom is 0.246 e. The molecule has 2 amide bonds. The minimum atomic E-state index is -0.0621. The van der Waals surface area contributed by atoms with Crippen molar-refractivity contribution in [3.05, 3.63) is 135 Å². The second kappa shape index (κ2) is 24.3. The van der Waals surface area contributed by atoms with Gasteiger partial charge in [0.05, 0.1) is 6.54 Å². The number of aromatic nitrogens is 4. The van der Waals surface area contributed by atoms with E-state index in [-0.39, 0.29) is 24.2 Å². The Morgan fingerprint density at radius 2 is 1.28 bits per heavy atom. The molecule has 10 rings (SSSR count). The zero-order chi connectivity index (χ0) is 43.8. The number of aryl methyl sites for hydroxylation is 5. The Morgan fingerprint density at radius 3 is 1.97 bits per heavy atom. The van der Waals surface area contributed by atoms with E-state index in [0.29, 0.717) is 13.0 Å². The van der Waals surface area contributed by atoms with Crippen LogP contribution in [0.1, 0.15) is 90.5 Å². The highest BCUT2D eigenvalue weighted by Crippen LogP contribution is 2.27. The summed E-state index contributed by atoms with van der Waals surface area (Å²) < 4.78 is 7.00. The molecule has 6 aromatic rings. The van der Waals surface area contributed by atoms with Crippen LogP contribution in [0.15, 0.2) is 100 Å². The monoisotopic (exact) mass is 947 g/mol. The number of nitrogens with one attached hydrogen (secondary N) is 4. The Bertz CT molecular complexity index is 2490. The molecule has 1 aromatic carbocycles. The number of nitrogens with zero attached hydrogens (tertiary/aromatic N) is 5. The van der Waals surface area contributed by atoms with Gasteiger partial charge in [0.1, 0.15) is 34.6 Å². The summed E-state index contributed by atoms with van der Waals surface area (Å²) in [6, 6.07) is 20.3. The molecule has 14 heteroatoms. The van der Waals surface area contributed by atoms with Crippen LogP contribution in [0.4, 0.5) is 23.3 Å². The maximum absolute atomic E-state index is 12.6. The number of amides is 2. The van der Waals surface area contributed by atoms with Crippen molar-refractivity contribution in [1.29, 1.82) is 0 Å². The van der Waals surface area contributed by atoms with Gasteiger partial charge in [-0.1, -0.05) is 30.3 Å². The Labute approximate surface area is 391 Å². The highest BCUT2D eigenvalue weighted by atomic mass is 79.9. The number of furan rings is 1. The average molecular weight is 949 g/mol. The molecule has 0 saturated heterocycles. The molecule has 0 radical (unpaired) electrons. The lowest BCUT2D eigenvalue weighted by molar-refractivity contribution is -0.125. The van der Waals surface area contributed by atoms with Crippen molar-refractivity contribution in [2.24, 2.45) is 0 Å². The number of carbonyl (C=O) groups excluding carboxylic acids is 2. The van der Waals surface area contributed by atoms with Gasteiger partial charge >= 0.3 is 0 Å². The Morgan fingerprint density at radius 1 is 0.703 bits per heavy atom. The predicted molar refractivity (Wildman–Crippen MR) is 264 cm³/mol. The molecule has 0 unspecified atom stereocenters. The van der Waals surface area contributed by atoms with Gasteiger partial charge in [-0.3, -0.25) is 9.59 Å². The second-order valence-electron chi connectivity index (χ2n) is 16.2. The summed E-state index contributed by atoms with van der Waals surface area (Å²) >= 11 is 3.43. The number of benzene rings is 1. The molecule has 4 N–H and O–H groups in total. The van der Waals surface area contributed by atoms with Crippen LogP contribution in [0.3, 0.4) is 0 Å². The number of anilines is 4. The van der Waals surface area contributed by atoms with Crippen LogP contribution in [0.5, 0.6) is 0 Å². The fourth-order valence-corrected chi connectivity index (χ4v) is 8.27. The van der Waals surface area contributed by atoms with E-state index in [0.717, 1.165) is 119 Å². The van der Waals surface area contributed by atoms with Gasteiger partial charge in [0.15, 0.2) is 0 Å². The van der Waals surface area contributed by atoms with Gasteiger partial charge in [-0.2, -0.15) is 0 Å². The molecule has 9 heterocycles. The molecular formula is C50H59BrClN9O3. The summed E-state index contributed by atoms with van der Waals surface area (Å²) in [5.74, 6) is 4.70. The Hall–Kier alpha value is -5.79. The largest absolute Gasteiger partial charge is 0.459 e. The van der Waals surface area contributed by atoms with E-state index in [2.05, 4.69) is 75.3 Å². The van der Waals surface area contributed by atoms with Gasteiger partial charge in [-0.05, 0) is 158 Å². The van der Waals surface area contributed by atoms with E-state index in [9.17, 15) is 9.59 Å². The van der Waals surface area contributed by atoms with Gasteiger partial charge in [0.2, 0.25) is 11.8 Å². The number of fused-ring (bicyclic) bond motifs is 5. The molecule has 336 valence electrons. The smallest absolute Gasteiger partial charge is 0.246 e. The highest BCUT2D eigenvalue weighted by molar-refractivity contribution is 9.10. The molecule has 5 aromatic heterocycles. The first-order chi connectivity index (χ1) is 30.8. The number of hydrogen-bond acceptors (Lipinski definition) is 10. The van der Waals surface area contributed by atoms with Crippen molar-refractivity contribution in [3.63, 3.8) is 0 Å². The fourth-order valence-electron chi connectivity index (χ4n) is 7.89. The zero-order valence-electron chi connectivity index (χ0n) is 36.8. The summed E-state index contributed by atoms with van der Waals surface area (Å²) in [5.41, 5.74) is 7.95. The number of halogens is 2. The molecule has 4 aliphatic heterocycles. The average Bonchev–Trinajstić information content (AvgIpc) is 3.73. The van der Waals surface area contributed by atoms with Crippen LogP contribution in [-0.4, -0.2) is 63.3 Å². The van der Waals surface area contributed by atoms with Gasteiger partial charge in [-0.15, -0.1) is 12.4 Å². The number of pyridine rings is 4.